The Balaban J connectivity index is 1.53. The molecule has 0 aromatic heterocycles. The molecular weight excluding hydrogens is 559 g/mol. The summed E-state index contributed by atoms with van der Waals surface area (Å²) in [6.07, 6.45) is -2.53. The second-order valence-electron chi connectivity index (χ2n) is 8.72. The zero-order valence-electron chi connectivity index (χ0n) is 21.1. The van der Waals surface area contributed by atoms with E-state index in [-0.39, 0.29) is 28.9 Å². The van der Waals surface area contributed by atoms with E-state index in [1.165, 1.54) is 61.5 Å². The summed E-state index contributed by atoms with van der Waals surface area (Å²) in [6, 6.07) is 12.8. The molecule has 0 saturated heterocycles. The van der Waals surface area contributed by atoms with E-state index < -0.39 is 52.4 Å². The van der Waals surface area contributed by atoms with Crippen molar-refractivity contribution in [3.8, 4) is 22.3 Å². The van der Waals surface area contributed by atoms with Crippen molar-refractivity contribution in [3.05, 3.63) is 124 Å². The molecule has 0 atom stereocenters. The second-order valence-corrected chi connectivity index (χ2v) is 8.72. The first kappa shape index (κ1) is 29.5. The molecule has 10 heteroatoms. The number of halogens is 9. The molecule has 0 aliphatic rings. The van der Waals surface area contributed by atoms with Crippen LogP contribution >= 0.6 is 0 Å². The highest BCUT2D eigenvalue weighted by molar-refractivity contribution is 5.75. The van der Waals surface area contributed by atoms with Crippen LogP contribution in [0.1, 0.15) is 29.2 Å². The van der Waals surface area contributed by atoms with Gasteiger partial charge in [0.15, 0.2) is 0 Å². The number of hydrogen-bond acceptors (Lipinski definition) is 1. The van der Waals surface area contributed by atoms with E-state index in [4.69, 9.17) is 0 Å². The molecule has 0 amide bonds. The third-order valence-electron chi connectivity index (χ3n) is 6.00. The third kappa shape index (κ3) is 6.65. The predicted octanol–water partition coefficient (Wildman–Crippen LogP) is 10.4. The lowest BCUT2D eigenvalue weighted by Gasteiger charge is -2.12. The maximum Gasteiger partial charge on any atom is 0.422 e. The third-order valence-corrected chi connectivity index (χ3v) is 6.00. The molecule has 0 spiro atoms. The van der Waals surface area contributed by atoms with Crippen LogP contribution in [0.2, 0.25) is 0 Å². The van der Waals surface area contributed by atoms with Crippen molar-refractivity contribution in [1.29, 1.82) is 0 Å². The van der Waals surface area contributed by atoms with Gasteiger partial charge in [-0.25, -0.2) is 17.6 Å². The molecule has 0 saturated carbocycles. The molecule has 0 unspecified atom stereocenters. The summed E-state index contributed by atoms with van der Waals surface area (Å²) in [5, 5.41) is 0. The zero-order chi connectivity index (χ0) is 29.9. The Morgan fingerprint density at radius 2 is 1.29 bits per heavy atom. The second kappa shape index (κ2) is 12.0. The fraction of sp³-hybridized carbons (Fsp3) is 0.0968. The molecule has 4 aromatic carbocycles. The van der Waals surface area contributed by atoms with Crippen molar-refractivity contribution in [2.45, 2.75) is 13.1 Å². The Labute approximate surface area is 228 Å². The molecule has 1 nitrogen and oxygen atoms in total. The molecule has 4 aromatic rings. The lowest BCUT2D eigenvalue weighted by atomic mass is 9.99. The van der Waals surface area contributed by atoms with Crippen molar-refractivity contribution in [2.75, 3.05) is 6.61 Å². The van der Waals surface area contributed by atoms with Gasteiger partial charge in [-0.15, -0.1) is 0 Å². The topological polar surface area (TPSA) is 9.23 Å². The van der Waals surface area contributed by atoms with Crippen molar-refractivity contribution < 1.29 is 44.3 Å². The average molecular weight is 578 g/mol. The minimum atomic E-state index is -5.25. The van der Waals surface area contributed by atoms with Crippen LogP contribution in [0.5, 0.6) is 0 Å². The van der Waals surface area contributed by atoms with Crippen LogP contribution in [-0.2, 0) is 10.9 Å². The van der Waals surface area contributed by atoms with Crippen molar-refractivity contribution in [2.24, 2.45) is 0 Å². The summed E-state index contributed by atoms with van der Waals surface area (Å²) >= 11 is 0. The van der Waals surface area contributed by atoms with Crippen LogP contribution in [0.3, 0.4) is 0 Å². The molecule has 0 aliphatic carbocycles. The van der Waals surface area contributed by atoms with E-state index in [9.17, 15) is 39.5 Å². The highest BCUT2D eigenvalue weighted by Crippen LogP contribution is 2.36. The number of ether oxygens (including phenoxy) is 1. The summed E-state index contributed by atoms with van der Waals surface area (Å²) in [5.74, 6) is -6.50. The quantitative estimate of drug-likeness (QED) is 0.120. The summed E-state index contributed by atoms with van der Waals surface area (Å²) in [5.41, 5.74) is -1.51. The fourth-order valence-corrected chi connectivity index (χ4v) is 4.01. The van der Waals surface area contributed by atoms with Crippen molar-refractivity contribution >= 4 is 18.0 Å². The zero-order valence-corrected chi connectivity index (χ0v) is 21.1. The predicted molar refractivity (Wildman–Crippen MR) is 138 cm³/mol. The Bertz CT molecular complexity index is 1610. The Morgan fingerprint density at radius 3 is 1.85 bits per heavy atom. The summed E-state index contributed by atoms with van der Waals surface area (Å²) in [6.45, 7) is 1.47. The first-order chi connectivity index (χ1) is 19.4. The largest absolute Gasteiger partial charge is 0.469 e. The van der Waals surface area contributed by atoms with Gasteiger partial charge < -0.3 is 4.74 Å². The van der Waals surface area contributed by atoms with E-state index in [0.29, 0.717) is 23.3 Å². The van der Waals surface area contributed by atoms with Gasteiger partial charge in [0.1, 0.15) is 28.8 Å². The number of rotatable bonds is 7. The van der Waals surface area contributed by atoms with E-state index in [2.05, 4.69) is 4.74 Å². The maximum absolute atomic E-state index is 14.8. The molecular formula is C31H19F9O. The van der Waals surface area contributed by atoms with Crippen LogP contribution in [0, 0.1) is 23.3 Å². The molecule has 0 heterocycles. The SMILES string of the molecule is CCOC(F)=C(F)c1ccc(-c2ccc(C=Cc3ccc(-c4cc(F)c(C(F)(F)F)c(F)c4)c(F)c3)c(F)c2)cc1. The Kier molecular flexibility index (Phi) is 8.60. The molecule has 0 aliphatic heterocycles. The van der Waals surface area contributed by atoms with Gasteiger partial charge in [0.2, 0.25) is 5.83 Å². The number of hydrogen-bond donors (Lipinski definition) is 0. The van der Waals surface area contributed by atoms with Gasteiger partial charge in [-0.05, 0) is 53.4 Å². The molecule has 41 heavy (non-hydrogen) atoms. The summed E-state index contributed by atoms with van der Waals surface area (Å²) < 4.78 is 128. The van der Waals surface area contributed by atoms with Crippen LogP contribution in [0.15, 0.2) is 78.8 Å². The summed E-state index contributed by atoms with van der Waals surface area (Å²) in [7, 11) is 0. The molecule has 212 valence electrons. The van der Waals surface area contributed by atoms with E-state index >= 15 is 0 Å². The van der Waals surface area contributed by atoms with Crippen molar-refractivity contribution in [3.63, 3.8) is 0 Å². The van der Waals surface area contributed by atoms with E-state index in [1.54, 1.807) is 6.07 Å². The smallest absolute Gasteiger partial charge is 0.422 e. The van der Waals surface area contributed by atoms with Gasteiger partial charge in [-0.2, -0.15) is 22.0 Å². The van der Waals surface area contributed by atoms with Gasteiger partial charge in [-0.1, -0.05) is 60.7 Å². The van der Waals surface area contributed by atoms with Gasteiger partial charge in [-0.3, -0.25) is 0 Å². The van der Waals surface area contributed by atoms with E-state index in [1.807, 2.05) is 0 Å². The minimum absolute atomic E-state index is 0.0388. The molecule has 0 N–H and O–H groups in total. The Hall–Kier alpha value is -4.47. The van der Waals surface area contributed by atoms with Crippen molar-refractivity contribution in [1.82, 2.24) is 0 Å². The normalized spacial score (nSPS) is 12.5. The molecule has 4 rings (SSSR count). The van der Waals surface area contributed by atoms with Gasteiger partial charge >= 0.3 is 12.2 Å². The monoisotopic (exact) mass is 578 g/mol. The van der Waals surface area contributed by atoms with Crippen LogP contribution in [0.25, 0.3) is 40.2 Å². The minimum Gasteiger partial charge on any atom is -0.469 e. The first-order valence-electron chi connectivity index (χ1n) is 12.0. The van der Waals surface area contributed by atoms with Gasteiger partial charge in [0, 0.05) is 16.7 Å². The van der Waals surface area contributed by atoms with Crippen LogP contribution in [0.4, 0.5) is 39.5 Å². The highest BCUT2D eigenvalue weighted by Gasteiger charge is 2.38. The lowest BCUT2D eigenvalue weighted by molar-refractivity contribution is -0.142. The lowest BCUT2D eigenvalue weighted by Crippen LogP contribution is -2.11. The molecule has 0 bridgehead atoms. The molecule has 0 radical (unpaired) electrons. The summed E-state index contributed by atoms with van der Waals surface area (Å²) in [4.78, 5) is 0. The number of benzene rings is 4. The standard InChI is InChI=1S/C31H19F9O/c1-2-41-30(37)29(36)20-9-6-18(7-10-20)21-11-8-19(24(32)14-21)5-3-17-4-12-23(25(33)13-17)22-15-26(34)28(27(35)16-22)31(38,39)40/h3-16H,2H2,1H3. The van der Waals surface area contributed by atoms with Gasteiger partial charge in [0.05, 0.1) is 6.61 Å². The molecule has 0 fully saturated rings. The fourth-order valence-electron chi connectivity index (χ4n) is 4.01. The van der Waals surface area contributed by atoms with E-state index in [0.717, 1.165) is 12.1 Å². The first-order valence-corrected chi connectivity index (χ1v) is 12.0. The van der Waals surface area contributed by atoms with Crippen LogP contribution in [-0.4, -0.2) is 6.61 Å². The Morgan fingerprint density at radius 1 is 0.683 bits per heavy atom. The maximum atomic E-state index is 14.8. The average Bonchev–Trinajstić information content (AvgIpc) is 2.91. The van der Waals surface area contributed by atoms with Crippen LogP contribution < -0.4 is 0 Å². The number of alkyl halides is 3. The van der Waals surface area contributed by atoms with Gasteiger partial charge in [0.25, 0.3) is 0 Å². The highest BCUT2D eigenvalue weighted by atomic mass is 19.4.